The molecule has 236 valence electrons. The third kappa shape index (κ3) is 7.25. The predicted octanol–water partition coefficient (Wildman–Crippen LogP) is 2.78. The Labute approximate surface area is 256 Å². The lowest BCUT2D eigenvalue weighted by molar-refractivity contribution is -0.145. The van der Waals surface area contributed by atoms with E-state index in [-0.39, 0.29) is 25.3 Å². The zero-order chi connectivity index (χ0) is 31.5. The smallest absolute Gasteiger partial charge is 0.408 e. The maximum absolute atomic E-state index is 14.1. The van der Waals surface area contributed by atoms with E-state index in [0.29, 0.717) is 25.2 Å². The molecule has 0 radical (unpaired) electrons. The highest BCUT2D eigenvalue weighted by molar-refractivity contribution is 5.96. The van der Waals surface area contributed by atoms with Crippen molar-refractivity contribution < 1.29 is 29.0 Å². The second kappa shape index (κ2) is 12.7. The normalized spacial score (nSPS) is 28.5. The summed E-state index contributed by atoms with van der Waals surface area (Å²) in [5, 5.41) is 28.5. The average molecular weight is 608 g/mol. The van der Waals surface area contributed by atoms with Gasteiger partial charge in [0.05, 0.1) is 6.54 Å². The van der Waals surface area contributed by atoms with Crippen LogP contribution < -0.4 is 10.6 Å². The summed E-state index contributed by atoms with van der Waals surface area (Å²) in [7, 11) is 0. The molecule has 3 aliphatic rings. The molecule has 1 saturated heterocycles. The largest absolute Gasteiger partial charge is 0.479 e. The molecule has 0 unspecified atom stereocenters. The summed E-state index contributed by atoms with van der Waals surface area (Å²) in [5.74, 6) is -2.44. The summed E-state index contributed by atoms with van der Waals surface area (Å²) in [4.78, 5) is 55.9. The van der Waals surface area contributed by atoms with Gasteiger partial charge in [0, 0.05) is 18.4 Å². The molecule has 44 heavy (non-hydrogen) atoms. The third-order valence-corrected chi connectivity index (χ3v) is 8.35. The van der Waals surface area contributed by atoms with E-state index in [0.717, 1.165) is 24.8 Å². The molecule has 2 aliphatic heterocycles. The fraction of sp³-hybridized carbons (Fsp3) is 0.581. The molecule has 1 saturated carbocycles. The highest BCUT2D eigenvalue weighted by Gasteiger charge is 2.61. The summed E-state index contributed by atoms with van der Waals surface area (Å²) in [5.41, 5.74) is -1.18. The van der Waals surface area contributed by atoms with Crippen LogP contribution in [0.3, 0.4) is 0 Å². The molecule has 1 aromatic carbocycles. The number of nitrogens with zero attached hydrogens (tertiary/aromatic N) is 5. The fourth-order valence-corrected chi connectivity index (χ4v) is 5.97. The van der Waals surface area contributed by atoms with Gasteiger partial charge in [-0.05, 0) is 63.7 Å². The summed E-state index contributed by atoms with van der Waals surface area (Å²) >= 11 is 0. The van der Waals surface area contributed by atoms with Crippen LogP contribution >= 0.6 is 0 Å². The minimum atomic E-state index is -1.41. The lowest BCUT2D eigenvalue weighted by Crippen LogP contribution is -2.56. The van der Waals surface area contributed by atoms with Crippen molar-refractivity contribution in [2.75, 3.05) is 6.54 Å². The van der Waals surface area contributed by atoms with E-state index in [4.69, 9.17) is 4.74 Å². The topological polar surface area (TPSA) is 169 Å². The van der Waals surface area contributed by atoms with Crippen molar-refractivity contribution in [2.24, 2.45) is 5.92 Å². The molecular weight excluding hydrogens is 566 g/mol. The number of carboxylic acid groups (broad SMARTS) is 1. The number of alkyl carbamates (subject to hydrolysis) is 1. The number of hydrogen-bond acceptors (Lipinski definition) is 8. The number of hydrogen-bond donors (Lipinski definition) is 3. The second-order valence-corrected chi connectivity index (χ2v) is 12.9. The monoisotopic (exact) mass is 607 g/mol. The Morgan fingerprint density at radius 2 is 1.93 bits per heavy atom. The number of amides is 3. The van der Waals surface area contributed by atoms with E-state index in [1.807, 2.05) is 42.5 Å². The molecule has 1 aromatic heterocycles. The first-order chi connectivity index (χ1) is 20.9. The molecule has 13 heteroatoms. The number of carbonyl (C=O) groups is 4. The number of ether oxygens (including phenoxy) is 1. The number of allylic oxidation sites excluding steroid dienone is 1. The van der Waals surface area contributed by atoms with Crippen LogP contribution in [0.25, 0.3) is 0 Å². The zero-order valence-electron chi connectivity index (χ0n) is 25.4. The van der Waals surface area contributed by atoms with Crippen LogP contribution in [0.1, 0.15) is 83.0 Å². The van der Waals surface area contributed by atoms with Gasteiger partial charge in [0.1, 0.15) is 23.2 Å². The molecule has 0 bridgehead atoms. The van der Waals surface area contributed by atoms with Gasteiger partial charge in [-0.25, -0.2) is 9.59 Å². The highest BCUT2D eigenvalue weighted by atomic mass is 16.6. The van der Waals surface area contributed by atoms with Crippen molar-refractivity contribution in [3.8, 4) is 0 Å². The number of rotatable bonds is 5. The van der Waals surface area contributed by atoms with E-state index in [1.54, 1.807) is 20.8 Å². The molecule has 5 rings (SSSR count). The third-order valence-electron chi connectivity index (χ3n) is 8.35. The summed E-state index contributed by atoms with van der Waals surface area (Å²) in [6.07, 6.45) is 7.05. The van der Waals surface area contributed by atoms with Crippen molar-refractivity contribution in [3.63, 3.8) is 0 Å². The van der Waals surface area contributed by atoms with Crippen molar-refractivity contribution in [1.29, 1.82) is 0 Å². The fourth-order valence-electron chi connectivity index (χ4n) is 5.97. The molecule has 2 aromatic rings. The number of nitrogens with one attached hydrogen (secondary N) is 2. The van der Waals surface area contributed by atoms with Gasteiger partial charge in [0.15, 0.2) is 5.82 Å². The van der Waals surface area contributed by atoms with Crippen LogP contribution in [0.2, 0.25) is 0 Å². The van der Waals surface area contributed by atoms with Gasteiger partial charge < -0.3 is 25.4 Å². The number of aliphatic carboxylic acids is 1. The van der Waals surface area contributed by atoms with Crippen LogP contribution in [0.4, 0.5) is 4.79 Å². The van der Waals surface area contributed by atoms with Crippen molar-refractivity contribution >= 4 is 23.9 Å². The van der Waals surface area contributed by atoms with E-state index in [9.17, 15) is 24.3 Å². The Hall–Kier alpha value is -4.29. The van der Waals surface area contributed by atoms with Gasteiger partial charge >= 0.3 is 12.1 Å². The van der Waals surface area contributed by atoms with Gasteiger partial charge in [-0.1, -0.05) is 55.3 Å². The molecule has 2 fully saturated rings. The van der Waals surface area contributed by atoms with E-state index in [2.05, 4.69) is 26.0 Å². The Kier molecular flexibility index (Phi) is 9.02. The molecule has 3 N–H and O–H groups in total. The quantitative estimate of drug-likeness (QED) is 0.433. The van der Waals surface area contributed by atoms with E-state index < -0.39 is 53.0 Å². The van der Waals surface area contributed by atoms with Crippen LogP contribution in [-0.2, 0) is 25.7 Å². The van der Waals surface area contributed by atoms with E-state index in [1.165, 1.54) is 9.70 Å². The maximum atomic E-state index is 14.1. The van der Waals surface area contributed by atoms with Gasteiger partial charge in [-0.3, -0.25) is 9.59 Å². The maximum Gasteiger partial charge on any atom is 0.408 e. The van der Waals surface area contributed by atoms with E-state index >= 15 is 0 Å². The molecule has 0 spiro atoms. The van der Waals surface area contributed by atoms with Crippen LogP contribution in [0.15, 0.2) is 42.5 Å². The van der Waals surface area contributed by atoms with Gasteiger partial charge in [0.2, 0.25) is 11.8 Å². The second-order valence-electron chi connectivity index (χ2n) is 12.9. The predicted molar refractivity (Wildman–Crippen MR) is 158 cm³/mol. The first-order valence-electron chi connectivity index (χ1n) is 15.3. The Morgan fingerprint density at radius 1 is 1.16 bits per heavy atom. The van der Waals surface area contributed by atoms with Crippen LogP contribution in [0, 0.1) is 5.92 Å². The molecule has 3 amide bonds. The van der Waals surface area contributed by atoms with Gasteiger partial charge in [-0.15, -0.1) is 10.2 Å². The lowest BCUT2D eigenvalue weighted by atomic mass is 10.0. The molecule has 13 nitrogen and oxygen atoms in total. The van der Waals surface area contributed by atoms with Gasteiger partial charge in [0.25, 0.3) is 0 Å². The van der Waals surface area contributed by atoms with Crippen molar-refractivity contribution in [1.82, 2.24) is 35.7 Å². The first kappa shape index (κ1) is 31.1. The van der Waals surface area contributed by atoms with Crippen LogP contribution in [0.5, 0.6) is 0 Å². The zero-order valence-corrected chi connectivity index (χ0v) is 25.4. The van der Waals surface area contributed by atoms with Gasteiger partial charge in [-0.2, -0.15) is 4.80 Å². The Bertz CT molecular complexity index is 1400. The number of carbonyl (C=O) groups excluding carboxylic acids is 3. The Balaban J connectivity index is 1.41. The number of aromatic nitrogens is 4. The number of tetrazole rings is 1. The molecular formula is C31H41N7O6. The molecule has 1 aliphatic carbocycles. The van der Waals surface area contributed by atoms with Crippen molar-refractivity contribution in [3.05, 3.63) is 53.9 Å². The molecule has 3 heterocycles. The number of carboxylic acids is 1. The number of benzene rings is 1. The van der Waals surface area contributed by atoms with Crippen LogP contribution in [-0.4, -0.2) is 83.9 Å². The average Bonchev–Trinajstić information content (AvgIpc) is 3.27. The molecule has 5 atom stereocenters. The summed E-state index contributed by atoms with van der Waals surface area (Å²) < 4.78 is 5.44. The highest BCUT2D eigenvalue weighted by Crippen LogP contribution is 2.45. The van der Waals surface area contributed by atoms with Crippen molar-refractivity contribution in [2.45, 2.75) is 101 Å². The lowest BCUT2D eigenvalue weighted by Gasteiger charge is -2.30. The minimum absolute atomic E-state index is 0.115. The Morgan fingerprint density at radius 3 is 2.66 bits per heavy atom. The SMILES string of the molecule is CC(C)(C)OC(=O)N[C@H]1CCCCC/C=C\[C@@H]2C[C@@]2(C(=O)O)NC(=O)[C@@H]2C[C@@H](c3nnn(Cc4ccccc4)n3)CN2C1=O. The standard InChI is InChI=1S/C31H41N7O6/c1-30(2,3)44-29(43)32-23-15-11-6-4-5-10-14-22-17-31(22,28(41)42)33-26(39)24-16-21(19-37(24)27(23)40)25-34-36-38(35-25)18-20-12-8-7-9-13-20/h7-10,12-14,21-24H,4-6,11,15-19H2,1-3H3,(H,32,43)(H,33,39)(H,41,42)/b14-10-/t21-,22-,23+,24+,31-/m1/s1. The number of fused-ring (bicyclic) bond motifs is 2. The first-order valence-corrected chi connectivity index (χ1v) is 15.3. The summed E-state index contributed by atoms with van der Waals surface area (Å²) in [6.45, 7) is 5.75. The summed E-state index contributed by atoms with van der Waals surface area (Å²) in [6, 6.07) is 7.76. The minimum Gasteiger partial charge on any atom is -0.479 e.